The molecule has 0 heterocycles. The molecular weight excluding hydrogens is 282 g/mol. The third-order valence-corrected chi connectivity index (χ3v) is 4.21. The standard InChI is InChI=1S/C20H28N3/c1-5-22(6-2)19-13-9-17(10-14-19)21-18-11-15-20(16-12-18)23(7-3)8-4/h9-16H,5-8H2,1-4H3/q+1. The van der Waals surface area contributed by atoms with Crippen LogP contribution in [0.25, 0.3) is 0 Å². The van der Waals surface area contributed by atoms with Gasteiger partial charge in [-0.3, -0.25) is 0 Å². The van der Waals surface area contributed by atoms with Crippen LogP contribution in [-0.4, -0.2) is 42.2 Å². The highest BCUT2D eigenvalue weighted by Crippen LogP contribution is 2.20. The van der Waals surface area contributed by atoms with Gasteiger partial charge in [0, 0.05) is 30.9 Å². The largest absolute Gasteiger partial charge is 0.372 e. The zero-order valence-corrected chi connectivity index (χ0v) is 14.8. The molecule has 0 saturated carbocycles. The lowest BCUT2D eigenvalue weighted by atomic mass is 10.1. The molecule has 122 valence electrons. The molecule has 0 atom stereocenters. The summed E-state index contributed by atoms with van der Waals surface area (Å²) in [4.78, 5) is 7.04. The maximum atomic E-state index is 4.71. The lowest BCUT2D eigenvalue weighted by molar-refractivity contribution is -0.519. The van der Waals surface area contributed by atoms with Crippen LogP contribution in [0.1, 0.15) is 27.7 Å². The number of aliphatic imine (C=N–C) groups is 1. The van der Waals surface area contributed by atoms with Crippen LogP contribution in [0.3, 0.4) is 0 Å². The number of hydrogen-bond donors (Lipinski definition) is 0. The quantitative estimate of drug-likeness (QED) is 0.568. The van der Waals surface area contributed by atoms with Crippen molar-refractivity contribution in [2.75, 3.05) is 31.1 Å². The number of nitrogens with zero attached hydrogens (tertiary/aromatic N) is 3. The minimum atomic E-state index is 0.997. The Kier molecular flexibility index (Phi) is 6.33. The molecule has 23 heavy (non-hydrogen) atoms. The molecule has 1 aliphatic rings. The second-order valence-electron chi connectivity index (χ2n) is 5.49. The molecule has 3 heteroatoms. The molecule has 0 fully saturated rings. The van der Waals surface area contributed by atoms with Crippen LogP contribution in [0, 0.1) is 0 Å². The van der Waals surface area contributed by atoms with E-state index in [0.717, 1.165) is 37.6 Å². The predicted octanol–water partition coefficient (Wildman–Crippen LogP) is 4.22. The van der Waals surface area contributed by atoms with Crippen molar-refractivity contribution in [1.29, 1.82) is 0 Å². The Bertz CT molecular complexity index is 605. The summed E-state index contributed by atoms with van der Waals surface area (Å²) >= 11 is 0. The Labute approximate surface area is 140 Å². The second kappa shape index (κ2) is 8.47. The van der Waals surface area contributed by atoms with E-state index >= 15 is 0 Å². The number of allylic oxidation sites excluding steroid dienone is 4. The summed E-state index contributed by atoms with van der Waals surface area (Å²) in [5.41, 5.74) is 4.50. The molecule has 1 aromatic carbocycles. The van der Waals surface area contributed by atoms with E-state index in [1.165, 1.54) is 11.4 Å². The fourth-order valence-corrected chi connectivity index (χ4v) is 2.80. The Morgan fingerprint density at radius 1 is 0.826 bits per heavy atom. The molecule has 1 aromatic rings. The van der Waals surface area contributed by atoms with Crippen molar-refractivity contribution in [3.8, 4) is 0 Å². The molecule has 0 unspecified atom stereocenters. The van der Waals surface area contributed by atoms with Crippen LogP contribution < -0.4 is 4.90 Å². The van der Waals surface area contributed by atoms with Crippen molar-refractivity contribution in [2.45, 2.75) is 27.7 Å². The smallest absolute Gasteiger partial charge is 0.200 e. The van der Waals surface area contributed by atoms with Gasteiger partial charge in [-0.15, -0.1) is 0 Å². The summed E-state index contributed by atoms with van der Waals surface area (Å²) in [6.45, 7) is 12.8. The first-order valence-electron chi connectivity index (χ1n) is 8.63. The molecule has 0 aromatic heterocycles. The first kappa shape index (κ1) is 17.2. The van der Waals surface area contributed by atoms with E-state index in [2.05, 4.69) is 85.7 Å². The monoisotopic (exact) mass is 310 g/mol. The minimum Gasteiger partial charge on any atom is -0.372 e. The normalized spacial score (nSPS) is 13.4. The van der Waals surface area contributed by atoms with Gasteiger partial charge < -0.3 is 4.90 Å². The lowest BCUT2D eigenvalue weighted by Gasteiger charge is -2.20. The summed E-state index contributed by atoms with van der Waals surface area (Å²) in [5, 5.41) is 0. The van der Waals surface area contributed by atoms with E-state index in [1.807, 2.05) is 0 Å². The van der Waals surface area contributed by atoms with Gasteiger partial charge in [0.1, 0.15) is 13.1 Å². The van der Waals surface area contributed by atoms with Gasteiger partial charge in [0.05, 0.1) is 11.4 Å². The van der Waals surface area contributed by atoms with E-state index in [9.17, 15) is 0 Å². The topological polar surface area (TPSA) is 18.6 Å². The Morgan fingerprint density at radius 2 is 1.39 bits per heavy atom. The maximum Gasteiger partial charge on any atom is 0.200 e. The van der Waals surface area contributed by atoms with Crippen molar-refractivity contribution in [2.24, 2.45) is 4.99 Å². The molecule has 0 radical (unpaired) electrons. The molecule has 0 amide bonds. The van der Waals surface area contributed by atoms with Crippen molar-refractivity contribution < 1.29 is 4.58 Å². The average Bonchev–Trinajstić information content (AvgIpc) is 2.60. The zero-order chi connectivity index (χ0) is 16.7. The molecule has 3 nitrogen and oxygen atoms in total. The fraction of sp³-hybridized carbons (Fsp3) is 0.400. The van der Waals surface area contributed by atoms with Crippen molar-refractivity contribution in [3.05, 3.63) is 48.6 Å². The van der Waals surface area contributed by atoms with Gasteiger partial charge in [0.2, 0.25) is 0 Å². The molecule has 2 rings (SSSR count). The maximum absolute atomic E-state index is 4.71. The third-order valence-electron chi connectivity index (χ3n) is 4.21. The van der Waals surface area contributed by atoms with Gasteiger partial charge >= 0.3 is 0 Å². The second-order valence-corrected chi connectivity index (χ2v) is 5.49. The molecule has 0 aliphatic heterocycles. The SMILES string of the molecule is CCN(CC)c1ccc(N=C2C=CC(=[N+](CC)CC)C=C2)cc1. The van der Waals surface area contributed by atoms with Crippen molar-refractivity contribution >= 4 is 22.8 Å². The van der Waals surface area contributed by atoms with Gasteiger partial charge in [0.15, 0.2) is 5.71 Å². The van der Waals surface area contributed by atoms with Crippen LogP contribution in [-0.2, 0) is 0 Å². The highest BCUT2D eigenvalue weighted by atomic mass is 15.1. The van der Waals surface area contributed by atoms with E-state index in [0.29, 0.717) is 0 Å². The number of rotatable bonds is 6. The van der Waals surface area contributed by atoms with Crippen LogP contribution in [0.4, 0.5) is 11.4 Å². The summed E-state index contributed by atoms with van der Waals surface area (Å²) in [5.74, 6) is 0. The minimum absolute atomic E-state index is 0.997. The van der Waals surface area contributed by atoms with Gasteiger partial charge in [0.25, 0.3) is 0 Å². The van der Waals surface area contributed by atoms with E-state index in [-0.39, 0.29) is 0 Å². The van der Waals surface area contributed by atoms with Crippen molar-refractivity contribution in [3.63, 3.8) is 0 Å². The Hall–Kier alpha value is -2.16. The molecule has 0 bridgehead atoms. The van der Waals surface area contributed by atoms with Crippen LogP contribution in [0.2, 0.25) is 0 Å². The van der Waals surface area contributed by atoms with Gasteiger partial charge in [-0.2, -0.15) is 0 Å². The zero-order valence-electron chi connectivity index (χ0n) is 14.8. The summed E-state index contributed by atoms with van der Waals surface area (Å²) < 4.78 is 2.34. The Balaban J connectivity index is 2.14. The van der Waals surface area contributed by atoms with Crippen LogP contribution in [0.15, 0.2) is 53.6 Å². The van der Waals surface area contributed by atoms with E-state index < -0.39 is 0 Å². The van der Waals surface area contributed by atoms with Gasteiger partial charge in [-0.25, -0.2) is 9.57 Å². The molecular formula is C20H28N3+. The lowest BCUT2D eigenvalue weighted by Crippen LogP contribution is -2.21. The number of hydrogen-bond acceptors (Lipinski definition) is 2. The first-order valence-corrected chi connectivity index (χ1v) is 8.63. The van der Waals surface area contributed by atoms with Gasteiger partial charge in [-0.1, -0.05) is 0 Å². The summed E-state index contributed by atoms with van der Waals surface area (Å²) in [7, 11) is 0. The average molecular weight is 310 g/mol. The molecule has 1 aliphatic carbocycles. The third kappa shape index (κ3) is 4.41. The predicted molar refractivity (Wildman–Crippen MR) is 102 cm³/mol. The number of benzene rings is 1. The first-order chi connectivity index (χ1) is 11.2. The van der Waals surface area contributed by atoms with Crippen LogP contribution >= 0.6 is 0 Å². The van der Waals surface area contributed by atoms with E-state index in [4.69, 9.17) is 4.99 Å². The summed E-state index contributed by atoms with van der Waals surface area (Å²) in [6, 6.07) is 8.48. The van der Waals surface area contributed by atoms with Crippen molar-refractivity contribution in [1.82, 2.24) is 0 Å². The highest BCUT2D eigenvalue weighted by Gasteiger charge is 2.09. The van der Waals surface area contributed by atoms with Gasteiger partial charge in [-0.05, 0) is 64.1 Å². The molecule has 0 saturated heterocycles. The number of anilines is 1. The molecule has 0 spiro atoms. The fourth-order valence-electron chi connectivity index (χ4n) is 2.80. The molecule has 0 N–H and O–H groups in total. The Morgan fingerprint density at radius 3 is 1.87 bits per heavy atom. The van der Waals surface area contributed by atoms with Crippen LogP contribution in [0.5, 0.6) is 0 Å². The highest BCUT2D eigenvalue weighted by molar-refractivity contribution is 6.17. The van der Waals surface area contributed by atoms with E-state index in [1.54, 1.807) is 0 Å². The summed E-state index contributed by atoms with van der Waals surface area (Å²) in [6.07, 6.45) is 8.48.